The Bertz CT molecular complexity index is 1120. The van der Waals surface area contributed by atoms with Gasteiger partial charge in [-0.1, -0.05) is 5.16 Å². The maximum atomic E-state index is 12.7. The number of aromatic nitrogens is 5. The lowest BCUT2D eigenvalue weighted by Crippen LogP contribution is -2.29. The summed E-state index contributed by atoms with van der Waals surface area (Å²) in [5.41, 5.74) is 2.05. The average molecular weight is 424 g/mol. The Morgan fingerprint density at radius 2 is 2.13 bits per heavy atom. The van der Waals surface area contributed by atoms with E-state index in [0.29, 0.717) is 11.5 Å². The maximum absolute atomic E-state index is 12.7. The summed E-state index contributed by atoms with van der Waals surface area (Å²) >= 11 is 1.53. The Balaban J connectivity index is 1.36. The van der Waals surface area contributed by atoms with Crippen molar-refractivity contribution in [2.45, 2.75) is 26.5 Å². The molecule has 3 aromatic heterocycles. The molecule has 1 aromatic carbocycles. The van der Waals surface area contributed by atoms with Crippen LogP contribution in [0.4, 0.5) is 0 Å². The predicted octanol–water partition coefficient (Wildman–Crippen LogP) is 3.43. The first kappa shape index (κ1) is 19.8. The van der Waals surface area contributed by atoms with Crippen LogP contribution in [0.5, 0.6) is 5.75 Å². The average Bonchev–Trinajstić information content (AvgIpc) is 3.53. The number of ether oxygens (including phenoxy) is 1. The number of amides is 1. The molecule has 1 amide bonds. The molecule has 0 radical (unpaired) electrons. The van der Waals surface area contributed by atoms with E-state index in [4.69, 9.17) is 9.26 Å². The SMILES string of the molecule is Cc1csc([C@H](C)N(C)C(=O)c2cc(COc3ccc(-n4cncn4)cc3)on2)n1. The van der Waals surface area contributed by atoms with Gasteiger partial charge in [-0.05, 0) is 38.1 Å². The first-order valence-electron chi connectivity index (χ1n) is 9.24. The van der Waals surface area contributed by atoms with Crippen LogP contribution in [-0.4, -0.2) is 42.8 Å². The lowest BCUT2D eigenvalue weighted by molar-refractivity contribution is 0.0731. The van der Waals surface area contributed by atoms with Gasteiger partial charge in [-0.25, -0.2) is 14.6 Å². The standard InChI is InChI=1S/C20H20N6O3S/c1-13-10-30-19(23-13)14(2)25(3)20(27)18-8-17(29-24-18)9-28-16-6-4-15(5-7-16)26-12-21-11-22-26/h4-8,10-12,14H,9H2,1-3H3/t14-/m0/s1. The molecule has 4 rings (SSSR count). The van der Waals surface area contributed by atoms with Crippen molar-refractivity contribution in [3.05, 3.63) is 70.5 Å². The van der Waals surface area contributed by atoms with Crippen LogP contribution in [0, 0.1) is 6.92 Å². The minimum atomic E-state index is -0.234. The highest BCUT2D eigenvalue weighted by molar-refractivity contribution is 7.09. The molecule has 1 atom stereocenters. The summed E-state index contributed by atoms with van der Waals surface area (Å²) in [5.74, 6) is 0.889. The van der Waals surface area contributed by atoms with Crippen LogP contribution in [0.25, 0.3) is 5.69 Å². The molecule has 0 unspecified atom stereocenters. The quantitative estimate of drug-likeness (QED) is 0.448. The van der Waals surface area contributed by atoms with E-state index in [0.717, 1.165) is 16.4 Å². The molecule has 0 saturated carbocycles. The molecule has 0 bridgehead atoms. The Morgan fingerprint density at radius 3 is 2.80 bits per heavy atom. The van der Waals surface area contributed by atoms with E-state index in [2.05, 4.69) is 20.2 Å². The molecule has 4 aromatic rings. The van der Waals surface area contributed by atoms with Crippen molar-refractivity contribution >= 4 is 17.2 Å². The van der Waals surface area contributed by atoms with Gasteiger partial charge in [0.15, 0.2) is 11.5 Å². The second-order valence-electron chi connectivity index (χ2n) is 6.72. The molecule has 9 nitrogen and oxygen atoms in total. The van der Waals surface area contributed by atoms with E-state index in [1.54, 1.807) is 29.0 Å². The van der Waals surface area contributed by atoms with Gasteiger partial charge in [-0.3, -0.25) is 4.79 Å². The lowest BCUT2D eigenvalue weighted by atomic mass is 10.2. The number of hydrogen-bond acceptors (Lipinski definition) is 8. The summed E-state index contributed by atoms with van der Waals surface area (Å²) in [4.78, 5) is 22.7. The van der Waals surface area contributed by atoms with Crippen molar-refractivity contribution in [1.29, 1.82) is 0 Å². The first-order chi connectivity index (χ1) is 14.5. The van der Waals surface area contributed by atoms with Crippen molar-refractivity contribution in [3.63, 3.8) is 0 Å². The molecule has 30 heavy (non-hydrogen) atoms. The summed E-state index contributed by atoms with van der Waals surface area (Å²) < 4.78 is 12.7. The Labute approximate surface area is 176 Å². The van der Waals surface area contributed by atoms with Crippen molar-refractivity contribution < 1.29 is 14.1 Å². The minimum absolute atomic E-state index is 0.156. The van der Waals surface area contributed by atoms with E-state index in [1.165, 1.54) is 17.7 Å². The topological polar surface area (TPSA) is 99.2 Å². The van der Waals surface area contributed by atoms with Crippen LogP contribution in [0.15, 0.2) is 52.9 Å². The van der Waals surface area contributed by atoms with Gasteiger partial charge in [0.2, 0.25) is 0 Å². The van der Waals surface area contributed by atoms with Crippen molar-refractivity contribution in [2.75, 3.05) is 7.05 Å². The number of nitrogens with zero attached hydrogens (tertiary/aromatic N) is 6. The molecular formula is C20H20N6O3S. The van der Waals surface area contributed by atoms with Gasteiger partial charge in [0.05, 0.1) is 11.7 Å². The fraction of sp³-hybridized carbons (Fsp3) is 0.250. The number of carbonyl (C=O) groups is 1. The van der Waals surface area contributed by atoms with Gasteiger partial charge in [0, 0.05) is 24.2 Å². The smallest absolute Gasteiger partial charge is 0.276 e. The normalized spacial score (nSPS) is 12.0. The predicted molar refractivity (Wildman–Crippen MR) is 110 cm³/mol. The second kappa shape index (κ2) is 8.46. The van der Waals surface area contributed by atoms with Gasteiger partial charge < -0.3 is 14.2 Å². The summed E-state index contributed by atoms with van der Waals surface area (Å²) in [7, 11) is 1.73. The van der Waals surface area contributed by atoms with E-state index >= 15 is 0 Å². The third-order valence-electron chi connectivity index (χ3n) is 4.57. The van der Waals surface area contributed by atoms with Crippen molar-refractivity contribution in [3.8, 4) is 11.4 Å². The molecule has 0 aliphatic carbocycles. The Hall–Kier alpha value is -3.53. The zero-order chi connectivity index (χ0) is 21.1. The first-order valence-corrected chi connectivity index (χ1v) is 10.1. The lowest BCUT2D eigenvalue weighted by Gasteiger charge is -2.21. The van der Waals surface area contributed by atoms with Gasteiger partial charge in [0.25, 0.3) is 5.91 Å². The molecule has 0 aliphatic heterocycles. The third-order valence-corrected chi connectivity index (χ3v) is 5.71. The fourth-order valence-corrected chi connectivity index (χ4v) is 3.65. The number of benzene rings is 1. The molecular weight excluding hydrogens is 404 g/mol. The van der Waals surface area contributed by atoms with Crippen LogP contribution >= 0.6 is 11.3 Å². The van der Waals surface area contributed by atoms with Crippen LogP contribution in [0.1, 0.15) is 39.9 Å². The molecule has 0 aliphatic rings. The van der Waals surface area contributed by atoms with Gasteiger partial charge in [0.1, 0.15) is 30.0 Å². The highest BCUT2D eigenvalue weighted by Gasteiger charge is 2.24. The summed E-state index contributed by atoms with van der Waals surface area (Å²) in [6.45, 7) is 4.03. The van der Waals surface area contributed by atoms with Crippen LogP contribution in [0.3, 0.4) is 0 Å². The highest BCUT2D eigenvalue weighted by Crippen LogP contribution is 2.24. The van der Waals surface area contributed by atoms with Crippen molar-refractivity contribution in [1.82, 2.24) is 29.8 Å². The van der Waals surface area contributed by atoms with E-state index in [-0.39, 0.29) is 24.2 Å². The Morgan fingerprint density at radius 1 is 1.33 bits per heavy atom. The molecule has 154 valence electrons. The van der Waals surface area contributed by atoms with Crippen LogP contribution in [0.2, 0.25) is 0 Å². The van der Waals surface area contributed by atoms with E-state index < -0.39 is 0 Å². The largest absolute Gasteiger partial charge is 0.486 e. The highest BCUT2D eigenvalue weighted by atomic mass is 32.1. The molecule has 0 saturated heterocycles. The minimum Gasteiger partial charge on any atom is -0.486 e. The molecule has 0 spiro atoms. The monoisotopic (exact) mass is 424 g/mol. The summed E-state index contributed by atoms with van der Waals surface area (Å²) in [6, 6.07) is 8.83. The number of thiazole rings is 1. The van der Waals surface area contributed by atoms with Crippen molar-refractivity contribution in [2.24, 2.45) is 0 Å². The summed E-state index contributed by atoms with van der Waals surface area (Å²) in [5, 5.41) is 10.8. The van der Waals surface area contributed by atoms with Gasteiger partial charge in [-0.15, -0.1) is 11.3 Å². The van der Waals surface area contributed by atoms with Crippen LogP contribution in [-0.2, 0) is 6.61 Å². The van der Waals surface area contributed by atoms with E-state index in [9.17, 15) is 4.79 Å². The summed E-state index contributed by atoms with van der Waals surface area (Å²) in [6.07, 6.45) is 3.10. The number of hydrogen-bond donors (Lipinski definition) is 0. The molecule has 0 N–H and O–H groups in total. The Kier molecular flexibility index (Phi) is 5.57. The number of carbonyl (C=O) groups excluding carboxylic acids is 1. The fourth-order valence-electron chi connectivity index (χ4n) is 2.76. The zero-order valence-electron chi connectivity index (χ0n) is 16.7. The second-order valence-corrected chi connectivity index (χ2v) is 7.61. The van der Waals surface area contributed by atoms with E-state index in [1.807, 2.05) is 43.5 Å². The number of aryl methyl sites for hydroxylation is 1. The van der Waals surface area contributed by atoms with Gasteiger partial charge in [-0.2, -0.15) is 5.10 Å². The third kappa shape index (κ3) is 4.23. The van der Waals surface area contributed by atoms with Gasteiger partial charge >= 0.3 is 0 Å². The van der Waals surface area contributed by atoms with Crippen LogP contribution < -0.4 is 4.74 Å². The number of rotatable bonds is 7. The molecule has 3 heterocycles. The maximum Gasteiger partial charge on any atom is 0.276 e. The zero-order valence-corrected chi connectivity index (χ0v) is 17.5. The molecule has 0 fully saturated rings. The molecule has 10 heteroatoms.